The maximum absolute atomic E-state index is 12.3. The van der Waals surface area contributed by atoms with Crippen molar-refractivity contribution >= 4 is 27.5 Å². The van der Waals surface area contributed by atoms with E-state index in [1.807, 2.05) is 51.1 Å². The number of carbonyl (C=O) groups is 1. The molecule has 0 unspecified atom stereocenters. The molecule has 3 nitrogen and oxygen atoms in total. The smallest absolute Gasteiger partial charge is 0.265 e. The Kier molecular flexibility index (Phi) is 5.24. The molecule has 0 aliphatic heterocycles. The first-order valence-corrected chi connectivity index (χ1v) is 7.97. The average molecular weight is 362 g/mol. The Bertz CT molecular complexity index is 697. The molecule has 4 heteroatoms. The topological polar surface area (TPSA) is 38.3 Å². The van der Waals surface area contributed by atoms with Gasteiger partial charge < -0.3 is 10.1 Å². The Hall–Kier alpha value is -1.81. The molecular formula is C18H20BrNO2. The fraction of sp³-hybridized carbons (Fsp3) is 0.278. The molecule has 0 spiro atoms. The zero-order valence-electron chi connectivity index (χ0n) is 13.2. The highest BCUT2D eigenvalue weighted by atomic mass is 79.9. The van der Waals surface area contributed by atoms with Crippen LogP contribution in [0.15, 0.2) is 40.9 Å². The van der Waals surface area contributed by atoms with Crippen LogP contribution in [0, 0.1) is 20.8 Å². The summed E-state index contributed by atoms with van der Waals surface area (Å²) in [6, 6.07) is 11.6. The molecular weight excluding hydrogens is 342 g/mol. The molecule has 1 N–H and O–H groups in total. The molecule has 0 saturated heterocycles. The minimum Gasteiger partial charge on any atom is -0.481 e. The van der Waals surface area contributed by atoms with E-state index >= 15 is 0 Å². The van der Waals surface area contributed by atoms with Crippen molar-refractivity contribution in [1.29, 1.82) is 0 Å². The SMILES string of the molecule is Cc1cc(C)c(C)c(O[C@H](C)C(=O)Nc2cccc(Br)c2)c1. The summed E-state index contributed by atoms with van der Waals surface area (Å²) >= 11 is 3.39. The van der Waals surface area contributed by atoms with Crippen molar-refractivity contribution in [2.45, 2.75) is 33.8 Å². The molecule has 116 valence electrons. The second-order valence-electron chi connectivity index (χ2n) is 5.46. The Labute approximate surface area is 139 Å². The minimum absolute atomic E-state index is 0.170. The molecule has 0 aliphatic rings. The Morgan fingerprint density at radius 2 is 1.91 bits per heavy atom. The monoisotopic (exact) mass is 361 g/mol. The summed E-state index contributed by atoms with van der Waals surface area (Å²) < 4.78 is 6.77. The molecule has 2 rings (SSSR count). The van der Waals surface area contributed by atoms with E-state index in [0.29, 0.717) is 0 Å². The Balaban J connectivity index is 2.09. The third-order valence-electron chi connectivity index (χ3n) is 3.53. The fourth-order valence-corrected chi connectivity index (χ4v) is 2.58. The van der Waals surface area contributed by atoms with E-state index < -0.39 is 6.10 Å². The van der Waals surface area contributed by atoms with E-state index in [9.17, 15) is 4.79 Å². The highest BCUT2D eigenvalue weighted by molar-refractivity contribution is 9.10. The number of nitrogens with one attached hydrogen (secondary N) is 1. The van der Waals surface area contributed by atoms with Gasteiger partial charge in [0.2, 0.25) is 0 Å². The number of anilines is 1. The first-order chi connectivity index (χ1) is 10.4. The Morgan fingerprint density at radius 1 is 1.18 bits per heavy atom. The molecule has 0 radical (unpaired) electrons. The number of benzene rings is 2. The number of hydrogen-bond donors (Lipinski definition) is 1. The number of rotatable bonds is 4. The summed E-state index contributed by atoms with van der Waals surface area (Å²) in [7, 11) is 0. The summed E-state index contributed by atoms with van der Waals surface area (Å²) in [6.07, 6.45) is -0.570. The van der Waals surface area contributed by atoms with Gasteiger partial charge in [-0.05, 0) is 68.7 Å². The first-order valence-electron chi connectivity index (χ1n) is 7.18. The molecule has 2 aromatic rings. The molecule has 1 amide bonds. The van der Waals surface area contributed by atoms with Gasteiger partial charge in [0.1, 0.15) is 5.75 Å². The molecule has 0 saturated carbocycles. The summed E-state index contributed by atoms with van der Waals surface area (Å²) in [5, 5.41) is 2.86. The van der Waals surface area contributed by atoms with Gasteiger partial charge >= 0.3 is 0 Å². The number of hydrogen-bond acceptors (Lipinski definition) is 2. The van der Waals surface area contributed by atoms with Gasteiger partial charge in [-0.15, -0.1) is 0 Å². The molecule has 2 aromatic carbocycles. The maximum Gasteiger partial charge on any atom is 0.265 e. The van der Waals surface area contributed by atoms with Crippen molar-refractivity contribution in [1.82, 2.24) is 0 Å². The van der Waals surface area contributed by atoms with Crippen LogP contribution in [0.2, 0.25) is 0 Å². The molecule has 0 aliphatic carbocycles. The summed E-state index contributed by atoms with van der Waals surface area (Å²) in [5.74, 6) is 0.589. The van der Waals surface area contributed by atoms with Crippen LogP contribution in [0.5, 0.6) is 5.75 Å². The van der Waals surface area contributed by atoms with Crippen molar-refractivity contribution in [3.05, 3.63) is 57.6 Å². The molecule has 1 atom stereocenters. The lowest BCUT2D eigenvalue weighted by Gasteiger charge is -2.18. The van der Waals surface area contributed by atoms with Crippen LogP contribution < -0.4 is 10.1 Å². The van der Waals surface area contributed by atoms with Gasteiger partial charge in [-0.2, -0.15) is 0 Å². The summed E-state index contributed by atoms with van der Waals surface area (Å²) in [5.41, 5.74) is 4.09. The van der Waals surface area contributed by atoms with Crippen LogP contribution in [0.4, 0.5) is 5.69 Å². The van der Waals surface area contributed by atoms with Gasteiger partial charge in [-0.1, -0.05) is 28.1 Å². The van der Waals surface area contributed by atoms with E-state index in [4.69, 9.17) is 4.74 Å². The zero-order valence-corrected chi connectivity index (χ0v) is 14.8. The van der Waals surface area contributed by atoms with Gasteiger partial charge in [-0.3, -0.25) is 4.79 Å². The second kappa shape index (κ2) is 6.97. The quantitative estimate of drug-likeness (QED) is 0.850. The third kappa shape index (κ3) is 4.10. The third-order valence-corrected chi connectivity index (χ3v) is 4.02. The second-order valence-corrected chi connectivity index (χ2v) is 6.38. The lowest BCUT2D eigenvalue weighted by atomic mass is 10.1. The van der Waals surface area contributed by atoms with Crippen LogP contribution in [-0.4, -0.2) is 12.0 Å². The zero-order chi connectivity index (χ0) is 16.3. The van der Waals surface area contributed by atoms with E-state index in [1.165, 1.54) is 0 Å². The summed E-state index contributed by atoms with van der Waals surface area (Å²) in [4.78, 5) is 12.3. The van der Waals surface area contributed by atoms with Crippen molar-refractivity contribution < 1.29 is 9.53 Å². The van der Waals surface area contributed by atoms with Gasteiger partial charge in [0.05, 0.1) is 0 Å². The molecule has 22 heavy (non-hydrogen) atoms. The number of halogens is 1. The minimum atomic E-state index is -0.570. The van der Waals surface area contributed by atoms with Crippen LogP contribution in [0.25, 0.3) is 0 Å². The lowest BCUT2D eigenvalue weighted by Crippen LogP contribution is -2.30. The highest BCUT2D eigenvalue weighted by Gasteiger charge is 2.16. The lowest BCUT2D eigenvalue weighted by molar-refractivity contribution is -0.122. The molecule has 0 heterocycles. The van der Waals surface area contributed by atoms with Crippen molar-refractivity contribution in [3.8, 4) is 5.75 Å². The molecule has 0 aromatic heterocycles. The van der Waals surface area contributed by atoms with Gasteiger partial charge in [-0.25, -0.2) is 0 Å². The van der Waals surface area contributed by atoms with E-state index in [0.717, 1.165) is 32.6 Å². The normalized spacial score (nSPS) is 11.9. The first kappa shape index (κ1) is 16.6. The molecule has 0 fully saturated rings. The van der Waals surface area contributed by atoms with Crippen LogP contribution in [0.3, 0.4) is 0 Å². The van der Waals surface area contributed by atoms with E-state index in [-0.39, 0.29) is 5.91 Å². The average Bonchev–Trinajstić information content (AvgIpc) is 2.44. The highest BCUT2D eigenvalue weighted by Crippen LogP contribution is 2.24. The largest absolute Gasteiger partial charge is 0.481 e. The van der Waals surface area contributed by atoms with Gasteiger partial charge in [0.15, 0.2) is 6.10 Å². The van der Waals surface area contributed by atoms with Crippen molar-refractivity contribution in [2.75, 3.05) is 5.32 Å². The Morgan fingerprint density at radius 3 is 2.59 bits per heavy atom. The number of aryl methyl sites for hydroxylation is 2. The predicted octanol–water partition coefficient (Wildman–Crippen LogP) is 4.78. The van der Waals surface area contributed by atoms with Crippen molar-refractivity contribution in [2.24, 2.45) is 0 Å². The van der Waals surface area contributed by atoms with Gasteiger partial charge in [0.25, 0.3) is 5.91 Å². The van der Waals surface area contributed by atoms with Crippen LogP contribution in [0.1, 0.15) is 23.6 Å². The predicted molar refractivity (Wildman–Crippen MR) is 93.5 cm³/mol. The summed E-state index contributed by atoms with van der Waals surface area (Å²) in [6.45, 7) is 7.82. The van der Waals surface area contributed by atoms with E-state index in [2.05, 4.69) is 27.3 Å². The molecule has 0 bridgehead atoms. The number of amides is 1. The van der Waals surface area contributed by atoms with Crippen LogP contribution in [-0.2, 0) is 4.79 Å². The maximum atomic E-state index is 12.3. The number of carbonyl (C=O) groups excluding carboxylic acids is 1. The van der Waals surface area contributed by atoms with Crippen molar-refractivity contribution in [3.63, 3.8) is 0 Å². The van der Waals surface area contributed by atoms with E-state index in [1.54, 1.807) is 6.92 Å². The standard InChI is InChI=1S/C18H20BrNO2/c1-11-8-12(2)13(3)17(9-11)22-14(4)18(21)20-16-7-5-6-15(19)10-16/h5-10,14H,1-4H3,(H,20,21)/t14-/m1/s1. The van der Waals surface area contributed by atoms with Crippen LogP contribution >= 0.6 is 15.9 Å². The number of ether oxygens (including phenoxy) is 1. The fourth-order valence-electron chi connectivity index (χ4n) is 2.18. The van der Waals surface area contributed by atoms with Gasteiger partial charge in [0, 0.05) is 10.2 Å².